The number of phenols is 1. The van der Waals surface area contributed by atoms with E-state index in [1.165, 1.54) is 19.2 Å². The first-order chi connectivity index (χ1) is 17.7. The SMILES string of the molecule is Cn1cc(F)c(-c2ccc(-c3ncc(N(C4CC4)[C@@H]4C[C@@H]5CCC[C@](C)(N5)[C@@H]4F)nn3)c(O)c2)cc1=O. The van der Waals surface area contributed by atoms with Crippen LogP contribution in [-0.2, 0) is 7.05 Å². The van der Waals surface area contributed by atoms with Crippen LogP contribution in [0.3, 0.4) is 0 Å². The number of benzene rings is 1. The summed E-state index contributed by atoms with van der Waals surface area (Å²) in [5.41, 5.74) is -0.0986. The normalized spacial score (nSPS) is 27.2. The van der Waals surface area contributed by atoms with Crippen molar-refractivity contribution in [3.05, 3.63) is 52.8 Å². The number of hydrogen-bond acceptors (Lipinski definition) is 7. The molecule has 2 aromatic heterocycles. The highest BCUT2D eigenvalue weighted by Crippen LogP contribution is 2.43. The first-order valence-corrected chi connectivity index (χ1v) is 12.8. The van der Waals surface area contributed by atoms with Crippen molar-refractivity contribution in [1.82, 2.24) is 25.1 Å². The Balaban J connectivity index is 1.28. The van der Waals surface area contributed by atoms with E-state index in [9.17, 15) is 14.3 Å². The number of aromatic nitrogens is 4. The second-order valence-corrected chi connectivity index (χ2v) is 10.9. The number of anilines is 1. The molecule has 0 unspecified atom stereocenters. The van der Waals surface area contributed by atoms with Crippen molar-refractivity contribution in [1.29, 1.82) is 0 Å². The monoisotopic (exact) mass is 508 g/mol. The molecule has 37 heavy (non-hydrogen) atoms. The molecule has 10 heteroatoms. The number of halogens is 2. The van der Waals surface area contributed by atoms with E-state index in [-0.39, 0.29) is 34.8 Å². The first kappa shape index (κ1) is 24.0. The first-order valence-electron chi connectivity index (χ1n) is 12.8. The zero-order chi connectivity index (χ0) is 25.9. The molecular formula is C27H30F2N6O2. The summed E-state index contributed by atoms with van der Waals surface area (Å²) < 4.78 is 31.4. The Morgan fingerprint density at radius 2 is 2.00 bits per heavy atom. The summed E-state index contributed by atoms with van der Waals surface area (Å²) in [5.74, 6) is 0.0209. The summed E-state index contributed by atoms with van der Waals surface area (Å²) in [4.78, 5) is 18.5. The number of fused-ring (bicyclic) bond motifs is 2. The van der Waals surface area contributed by atoms with Crippen molar-refractivity contribution >= 4 is 5.82 Å². The van der Waals surface area contributed by atoms with Crippen LogP contribution in [0.1, 0.15) is 45.4 Å². The standard InChI is InChI=1S/C27H30F2N6O2/c1-27-9-3-4-16(31-27)11-21(25(27)29)35(17-6-7-17)23-13-30-26(33-32-23)18-8-5-15(10-22(18)36)19-12-24(37)34(2)14-20(19)28/h5,8,10,12-14,16-17,21,25,31,36H,3-4,6-7,9,11H2,1-2H3/t16-,21+,25+,27-/m0/s1. The molecule has 8 nitrogen and oxygen atoms in total. The Hall–Kier alpha value is -3.40. The third-order valence-electron chi connectivity index (χ3n) is 8.10. The zero-order valence-electron chi connectivity index (χ0n) is 20.9. The zero-order valence-corrected chi connectivity index (χ0v) is 20.9. The third-order valence-corrected chi connectivity index (χ3v) is 8.10. The lowest BCUT2D eigenvalue weighted by Gasteiger charge is -2.52. The van der Waals surface area contributed by atoms with Gasteiger partial charge in [0.2, 0.25) is 0 Å². The molecule has 1 aliphatic carbocycles. The molecule has 3 fully saturated rings. The summed E-state index contributed by atoms with van der Waals surface area (Å²) in [6.45, 7) is 1.99. The number of piperidine rings is 2. The second-order valence-electron chi connectivity index (χ2n) is 10.9. The smallest absolute Gasteiger partial charge is 0.251 e. The van der Waals surface area contributed by atoms with Gasteiger partial charge in [0.05, 0.1) is 17.8 Å². The van der Waals surface area contributed by atoms with Gasteiger partial charge in [-0.25, -0.2) is 13.8 Å². The van der Waals surface area contributed by atoms with Crippen molar-refractivity contribution in [2.24, 2.45) is 7.05 Å². The number of rotatable bonds is 5. The van der Waals surface area contributed by atoms with Gasteiger partial charge < -0.3 is 19.9 Å². The van der Waals surface area contributed by atoms with Gasteiger partial charge in [0.25, 0.3) is 5.56 Å². The predicted molar refractivity (Wildman–Crippen MR) is 136 cm³/mol. The predicted octanol–water partition coefficient (Wildman–Crippen LogP) is 3.73. The van der Waals surface area contributed by atoms with Crippen LogP contribution >= 0.6 is 0 Å². The molecular weight excluding hydrogens is 478 g/mol. The summed E-state index contributed by atoms with van der Waals surface area (Å²) in [6.07, 6.45) is 7.29. The van der Waals surface area contributed by atoms with Crippen LogP contribution in [0.25, 0.3) is 22.5 Å². The molecule has 4 atom stereocenters. The van der Waals surface area contributed by atoms with Crippen molar-refractivity contribution < 1.29 is 13.9 Å². The molecule has 0 spiro atoms. The molecule has 0 radical (unpaired) electrons. The van der Waals surface area contributed by atoms with Gasteiger partial charge >= 0.3 is 0 Å². The van der Waals surface area contributed by atoms with Crippen molar-refractivity contribution in [3.63, 3.8) is 0 Å². The molecule has 2 bridgehead atoms. The molecule has 2 N–H and O–H groups in total. The fraction of sp³-hybridized carbons (Fsp3) is 0.481. The van der Waals surface area contributed by atoms with Crippen LogP contribution < -0.4 is 15.8 Å². The van der Waals surface area contributed by atoms with Crippen LogP contribution in [0.5, 0.6) is 5.75 Å². The lowest BCUT2D eigenvalue weighted by atomic mass is 9.73. The van der Waals surface area contributed by atoms with Crippen molar-refractivity contribution in [3.8, 4) is 28.3 Å². The Labute approximate surface area is 213 Å². The molecule has 3 aliphatic rings. The maximum absolute atomic E-state index is 15.8. The average Bonchev–Trinajstić information content (AvgIpc) is 3.70. The number of aryl methyl sites for hydroxylation is 1. The largest absolute Gasteiger partial charge is 0.507 e. The van der Waals surface area contributed by atoms with E-state index in [0.717, 1.165) is 49.3 Å². The number of phenolic OH excluding ortho intramolecular Hbond substituents is 1. The van der Waals surface area contributed by atoms with Crippen LogP contribution in [0.2, 0.25) is 0 Å². The topological polar surface area (TPSA) is 96.2 Å². The molecule has 0 amide bonds. The van der Waals surface area contributed by atoms with E-state index in [1.54, 1.807) is 18.3 Å². The van der Waals surface area contributed by atoms with E-state index in [0.29, 0.717) is 23.0 Å². The summed E-state index contributed by atoms with van der Waals surface area (Å²) in [5, 5.41) is 22.9. The minimum Gasteiger partial charge on any atom is -0.507 e. The van der Waals surface area contributed by atoms with Crippen LogP contribution in [0.4, 0.5) is 14.6 Å². The Bertz CT molecular complexity index is 1390. The number of nitrogens with zero attached hydrogens (tertiary/aromatic N) is 5. The Morgan fingerprint density at radius 3 is 2.70 bits per heavy atom. The average molecular weight is 509 g/mol. The van der Waals surface area contributed by atoms with Gasteiger partial charge in [-0.05, 0) is 63.1 Å². The van der Waals surface area contributed by atoms with Gasteiger partial charge in [-0.1, -0.05) is 6.07 Å². The minimum absolute atomic E-state index is 0.0978. The van der Waals surface area contributed by atoms with E-state index < -0.39 is 17.5 Å². The molecule has 3 aromatic rings. The highest BCUT2D eigenvalue weighted by Gasteiger charge is 2.52. The fourth-order valence-electron chi connectivity index (χ4n) is 6.01. The lowest BCUT2D eigenvalue weighted by Crippen LogP contribution is -2.69. The Morgan fingerprint density at radius 1 is 1.19 bits per heavy atom. The molecule has 1 aromatic carbocycles. The molecule has 6 rings (SSSR count). The quantitative estimate of drug-likeness (QED) is 0.542. The van der Waals surface area contributed by atoms with Gasteiger partial charge in [-0.3, -0.25) is 4.79 Å². The maximum Gasteiger partial charge on any atom is 0.251 e. The van der Waals surface area contributed by atoms with E-state index in [2.05, 4.69) is 25.4 Å². The summed E-state index contributed by atoms with van der Waals surface area (Å²) in [6, 6.07) is 5.98. The van der Waals surface area contributed by atoms with Crippen molar-refractivity contribution in [2.45, 2.75) is 75.3 Å². The summed E-state index contributed by atoms with van der Waals surface area (Å²) in [7, 11) is 1.47. The fourth-order valence-corrected chi connectivity index (χ4v) is 6.01. The molecule has 194 valence electrons. The van der Waals surface area contributed by atoms with Crippen molar-refractivity contribution in [2.75, 3.05) is 4.90 Å². The van der Waals surface area contributed by atoms with Gasteiger partial charge in [-0.15, -0.1) is 10.2 Å². The van der Waals surface area contributed by atoms with Crippen LogP contribution in [0, 0.1) is 5.82 Å². The van der Waals surface area contributed by atoms with Crippen LogP contribution in [-0.4, -0.2) is 54.7 Å². The van der Waals surface area contributed by atoms with E-state index in [1.807, 2.05) is 6.92 Å². The van der Waals surface area contributed by atoms with Gasteiger partial charge in [0, 0.05) is 42.5 Å². The number of nitrogens with one attached hydrogen (secondary N) is 1. The van der Waals surface area contributed by atoms with Gasteiger partial charge in [0.15, 0.2) is 11.6 Å². The highest BCUT2D eigenvalue weighted by molar-refractivity contribution is 5.73. The lowest BCUT2D eigenvalue weighted by molar-refractivity contribution is 0.0385. The minimum atomic E-state index is -1.03. The van der Waals surface area contributed by atoms with E-state index >= 15 is 4.39 Å². The van der Waals surface area contributed by atoms with Gasteiger partial charge in [0.1, 0.15) is 17.7 Å². The molecule has 2 aliphatic heterocycles. The number of alkyl halides is 1. The van der Waals surface area contributed by atoms with E-state index in [4.69, 9.17) is 0 Å². The maximum atomic E-state index is 15.8. The Kier molecular flexibility index (Phi) is 5.74. The third kappa shape index (κ3) is 4.27. The number of hydrogen-bond donors (Lipinski definition) is 2. The van der Waals surface area contributed by atoms with Crippen LogP contribution in [0.15, 0.2) is 41.5 Å². The molecule has 1 saturated carbocycles. The highest BCUT2D eigenvalue weighted by atomic mass is 19.1. The molecule has 4 heterocycles. The number of aromatic hydroxyl groups is 1. The number of pyridine rings is 1. The second kappa shape index (κ2) is 8.86. The van der Waals surface area contributed by atoms with Gasteiger partial charge in [-0.2, -0.15) is 0 Å². The summed E-state index contributed by atoms with van der Waals surface area (Å²) >= 11 is 0. The molecule has 2 saturated heterocycles.